The average molecular weight is 420 g/mol. The number of quaternary nitrogens is 2. The van der Waals surface area contributed by atoms with Gasteiger partial charge in [0.1, 0.15) is 0 Å². The maximum absolute atomic E-state index is 5.02. The van der Waals surface area contributed by atoms with Crippen LogP contribution in [-0.2, 0) is 11.8 Å². The molecule has 4 heterocycles. The lowest BCUT2D eigenvalue weighted by Gasteiger charge is -2.66. The van der Waals surface area contributed by atoms with Crippen LogP contribution in [0.4, 0.5) is 17.1 Å². The first kappa shape index (κ1) is 21.2. The number of aryl methyl sites for hydroxylation is 3. The van der Waals surface area contributed by atoms with Crippen LogP contribution in [0.25, 0.3) is 0 Å². The molecule has 5 atom stereocenters. The molecule has 3 aliphatic rings. The summed E-state index contributed by atoms with van der Waals surface area (Å²) in [5.41, 5.74) is 10.5. The van der Waals surface area contributed by atoms with E-state index in [2.05, 4.69) is 79.8 Å². The minimum absolute atomic E-state index is 0.148. The Labute approximate surface area is 189 Å². The van der Waals surface area contributed by atoms with Crippen molar-refractivity contribution in [2.45, 2.75) is 92.2 Å². The lowest BCUT2D eigenvalue weighted by molar-refractivity contribution is -0.130. The summed E-state index contributed by atoms with van der Waals surface area (Å²) in [6, 6.07) is 9.89. The van der Waals surface area contributed by atoms with Gasteiger partial charge in [0.05, 0.1) is 18.2 Å². The summed E-state index contributed by atoms with van der Waals surface area (Å²) in [4.78, 5) is 5.02. The number of nitrogens with zero attached hydrogens (tertiary/aromatic N) is 3. The van der Waals surface area contributed by atoms with E-state index < -0.39 is 0 Å². The molecule has 0 N–H and O–H groups in total. The van der Waals surface area contributed by atoms with E-state index in [0.29, 0.717) is 6.17 Å². The number of fused-ring (bicyclic) bond motifs is 3. The van der Waals surface area contributed by atoms with Crippen LogP contribution in [0.1, 0.15) is 82.8 Å². The average Bonchev–Trinajstić information content (AvgIpc) is 3.11. The van der Waals surface area contributed by atoms with Crippen LogP contribution < -0.4 is 8.97 Å². The second-order valence-corrected chi connectivity index (χ2v) is 11.3. The normalized spacial score (nSPS) is 37.1. The van der Waals surface area contributed by atoms with Gasteiger partial charge in [-0.15, -0.1) is 0 Å². The van der Waals surface area contributed by atoms with Crippen molar-refractivity contribution < 1.29 is 0 Å². The van der Waals surface area contributed by atoms with Crippen molar-refractivity contribution in [3.8, 4) is 0 Å². The summed E-state index contributed by atoms with van der Waals surface area (Å²) in [5.74, 6) is 0. The molecule has 1 saturated heterocycles. The summed E-state index contributed by atoms with van der Waals surface area (Å²) in [6.07, 6.45) is 6.63. The molecule has 1 aromatic carbocycles. The number of unbranched alkanes of at least 4 members (excludes halogenated alkanes) is 1. The third-order valence-corrected chi connectivity index (χ3v) is 9.87. The largest absolute Gasteiger partial charge is 0.252 e. The number of hydrogen-bond donors (Lipinski definition) is 0. The quantitative estimate of drug-likeness (QED) is 0.474. The monoisotopic (exact) mass is 419 g/mol. The van der Waals surface area contributed by atoms with E-state index in [1.165, 1.54) is 49.0 Å². The first-order valence-corrected chi connectivity index (χ1v) is 12.5. The van der Waals surface area contributed by atoms with E-state index in [9.17, 15) is 0 Å². The molecular formula is C28H41N3+2. The molecule has 0 saturated carbocycles. The fraction of sp³-hybridized carbons (Fsp3) is 0.607. The molecule has 0 spiro atoms. The van der Waals surface area contributed by atoms with E-state index in [-0.39, 0.29) is 10.8 Å². The van der Waals surface area contributed by atoms with Crippen LogP contribution >= 0.6 is 0 Å². The van der Waals surface area contributed by atoms with E-state index in [1.807, 2.05) is 0 Å². The highest BCUT2D eigenvalue weighted by Crippen LogP contribution is 2.73. The number of aromatic nitrogens is 1. The lowest BCUT2D eigenvalue weighted by Crippen LogP contribution is -2.87. The molecule has 5 rings (SSSR count). The van der Waals surface area contributed by atoms with Crippen LogP contribution in [0.15, 0.2) is 24.3 Å². The first-order chi connectivity index (χ1) is 14.6. The topological polar surface area (TPSA) is 12.9 Å². The first-order valence-electron chi connectivity index (χ1n) is 12.5. The van der Waals surface area contributed by atoms with E-state index >= 15 is 0 Å². The fourth-order valence-corrected chi connectivity index (χ4v) is 8.16. The summed E-state index contributed by atoms with van der Waals surface area (Å²) in [6.45, 7) is 17.8. The van der Waals surface area contributed by atoms with Crippen LogP contribution in [0.5, 0.6) is 0 Å². The van der Waals surface area contributed by atoms with Crippen molar-refractivity contribution in [3.63, 3.8) is 0 Å². The van der Waals surface area contributed by atoms with Crippen molar-refractivity contribution in [1.29, 1.82) is 0 Å². The molecule has 31 heavy (non-hydrogen) atoms. The van der Waals surface area contributed by atoms with E-state index in [4.69, 9.17) is 4.98 Å². The third-order valence-electron chi connectivity index (χ3n) is 9.87. The molecular weight excluding hydrogens is 378 g/mol. The molecule has 2 aromatic rings. The molecule has 1 aromatic heterocycles. The zero-order chi connectivity index (χ0) is 22.4. The summed E-state index contributed by atoms with van der Waals surface area (Å²) < 4.78 is 2.11. The van der Waals surface area contributed by atoms with Gasteiger partial charge < -0.3 is 0 Å². The molecule has 0 amide bonds. The van der Waals surface area contributed by atoms with Crippen molar-refractivity contribution in [1.82, 2.24) is 14.0 Å². The standard InChI is InChI=1S/C28H41N3/c1-9-12-13-21-14-15-23-24(17-21)30(8)18-31(23)25-20(5)29-19(4)16-22(25)27(6,10-2)28(7,11-3)26(30)31/h14-17,26H,9-13,18H2,1-8H3/q+2. The third kappa shape index (κ3) is 2.20. The molecule has 3 aliphatic heterocycles. The van der Waals surface area contributed by atoms with Crippen LogP contribution in [0.2, 0.25) is 0 Å². The lowest BCUT2D eigenvalue weighted by atomic mass is 9.53. The Hall–Kier alpha value is -1.71. The Balaban J connectivity index is 1.83. The van der Waals surface area contributed by atoms with Gasteiger partial charge >= 0.3 is 0 Å². The van der Waals surface area contributed by atoms with Crippen LogP contribution in [-0.4, -0.2) is 24.9 Å². The summed E-state index contributed by atoms with van der Waals surface area (Å²) >= 11 is 0. The van der Waals surface area contributed by atoms with Crippen molar-refractivity contribution >= 4 is 17.1 Å². The summed E-state index contributed by atoms with van der Waals surface area (Å²) in [7, 11) is 2.52. The molecule has 1 fully saturated rings. The Morgan fingerprint density at radius 2 is 1.77 bits per heavy atom. The van der Waals surface area contributed by atoms with Crippen LogP contribution in [0.3, 0.4) is 0 Å². The van der Waals surface area contributed by atoms with Crippen LogP contribution in [0, 0.1) is 19.3 Å². The van der Waals surface area contributed by atoms with Gasteiger partial charge in [-0.1, -0.05) is 40.2 Å². The number of benzene rings is 1. The Kier molecular flexibility index (Phi) is 4.38. The van der Waals surface area contributed by atoms with Crippen molar-refractivity contribution in [3.05, 3.63) is 46.8 Å². The molecule has 3 heteroatoms. The maximum atomic E-state index is 5.02. The van der Waals surface area contributed by atoms with Gasteiger partial charge in [-0.05, 0) is 58.1 Å². The number of rotatable bonds is 5. The SMILES string of the molecule is CCCCc1ccc2c(c1)[N+]1(C)C[N+]23c2c(cc(C)nc2C)C(C)(CC)C(C)(CC)C13. The number of pyridine rings is 1. The minimum atomic E-state index is 0.148. The fourth-order valence-electron chi connectivity index (χ4n) is 8.16. The van der Waals surface area contributed by atoms with Gasteiger partial charge in [0.2, 0.25) is 24.2 Å². The highest BCUT2D eigenvalue weighted by molar-refractivity contribution is 5.87. The Bertz CT molecular complexity index is 1070. The number of hydrogen-bond acceptors (Lipinski definition) is 1. The van der Waals surface area contributed by atoms with E-state index in [0.717, 1.165) is 21.3 Å². The highest BCUT2D eigenvalue weighted by Gasteiger charge is 2.84. The maximum Gasteiger partial charge on any atom is 0.246 e. The Morgan fingerprint density at radius 3 is 2.42 bits per heavy atom. The van der Waals surface area contributed by atoms with Gasteiger partial charge in [0.25, 0.3) is 0 Å². The molecule has 3 nitrogen and oxygen atoms in total. The smallest absolute Gasteiger partial charge is 0.246 e. The second-order valence-electron chi connectivity index (χ2n) is 11.3. The minimum Gasteiger partial charge on any atom is -0.252 e. The zero-order valence-electron chi connectivity index (χ0n) is 21.0. The van der Waals surface area contributed by atoms with E-state index in [1.54, 1.807) is 16.9 Å². The van der Waals surface area contributed by atoms with Crippen molar-refractivity contribution in [2.24, 2.45) is 5.41 Å². The molecule has 5 unspecified atom stereocenters. The van der Waals surface area contributed by atoms with Gasteiger partial charge in [-0.3, -0.25) is 4.98 Å². The Morgan fingerprint density at radius 1 is 1.03 bits per heavy atom. The van der Waals surface area contributed by atoms with Gasteiger partial charge in [0.15, 0.2) is 5.69 Å². The highest BCUT2D eigenvalue weighted by atomic mass is 15.8. The summed E-state index contributed by atoms with van der Waals surface area (Å²) in [5, 5.41) is 0. The second kappa shape index (κ2) is 6.42. The predicted molar refractivity (Wildman–Crippen MR) is 133 cm³/mol. The van der Waals surface area contributed by atoms with Gasteiger partial charge in [-0.2, -0.15) is 8.97 Å². The van der Waals surface area contributed by atoms with Gasteiger partial charge in [-0.25, -0.2) is 0 Å². The van der Waals surface area contributed by atoms with Crippen molar-refractivity contribution in [2.75, 3.05) is 13.7 Å². The molecule has 2 bridgehead atoms. The molecule has 0 radical (unpaired) electrons. The molecule has 166 valence electrons. The predicted octanol–water partition coefficient (Wildman–Crippen LogP) is 7.03. The molecule has 0 aliphatic carbocycles. The zero-order valence-corrected chi connectivity index (χ0v) is 21.0. The van der Waals surface area contributed by atoms with Gasteiger partial charge in [0, 0.05) is 28.8 Å².